The van der Waals surface area contributed by atoms with Gasteiger partial charge in [-0.3, -0.25) is 4.79 Å². The van der Waals surface area contributed by atoms with Gasteiger partial charge < -0.3 is 14.2 Å². The van der Waals surface area contributed by atoms with E-state index in [9.17, 15) is 9.59 Å². The highest BCUT2D eigenvalue weighted by Gasteiger charge is 2.42. The second-order valence-electron chi connectivity index (χ2n) is 10.4. The van der Waals surface area contributed by atoms with Gasteiger partial charge in [-0.1, -0.05) is 40.5 Å². The summed E-state index contributed by atoms with van der Waals surface area (Å²) >= 11 is 12.5. The highest BCUT2D eigenvalue weighted by molar-refractivity contribution is 6.35. The number of esters is 1. The van der Waals surface area contributed by atoms with E-state index < -0.39 is 12.0 Å². The van der Waals surface area contributed by atoms with Crippen LogP contribution in [0, 0.1) is 13.8 Å². The zero-order valence-electron chi connectivity index (χ0n) is 23.5. The number of amides is 1. The quantitative estimate of drug-likeness (QED) is 0.261. The number of hydrogen-bond acceptors (Lipinski definition) is 7. The van der Waals surface area contributed by atoms with Crippen molar-refractivity contribution in [3.63, 3.8) is 0 Å². The van der Waals surface area contributed by atoms with Gasteiger partial charge in [0.2, 0.25) is 5.91 Å². The minimum absolute atomic E-state index is 0.0611. The summed E-state index contributed by atoms with van der Waals surface area (Å²) in [6.07, 6.45) is 2.22. The third kappa shape index (κ3) is 4.82. The first-order chi connectivity index (χ1) is 20.2. The normalized spacial score (nSPS) is 16.9. The number of fused-ring (bicyclic) bond motifs is 1. The van der Waals surface area contributed by atoms with Crippen molar-refractivity contribution in [2.24, 2.45) is 7.05 Å². The maximum Gasteiger partial charge on any atom is 0.328 e. The molecule has 1 saturated heterocycles. The number of methoxy groups -OCH3 is 1. The number of carbonyl (C=O) groups excluding carboxylic acids is 2. The van der Waals surface area contributed by atoms with Crippen molar-refractivity contribution >= 4 is 46.1 Å². The van der Waals surface area contributed by atoms with Crippen molar-refractivity contribution in [3.05, 3.63) is 75.7 Å². The lowest BCUT2D eigenvalue weighted by Gasteiger charge is -2.22. The van der Waals surface area contributed by atoms with Gasteiger partial charge in [0.15, 0.2) is 5.82 Å². The fraction of sp³-hybridized carbons (Fsp3) is 0.310. The van der Waals surface area contributed by atoms with E-state index in [0.29, 0.717) is 39.4 Å². The SMILES string of the molecule is COC(=O)[C@@H]1C[C@H](n2cc(-c3nc4ccccc4n3C)nn2)CN1C(=O)Cc1c(C)nn(-c2ccc(Cl)cc2Cl)c1C. The van der Waals surface area contributed by atoms with E-state index in [4.69, 9.17) is 32.9 Å². The van der Waals surface area contributed by atoms with Crippen LogP contribution >= 0.6 is 23.2 Å². The summed E-state index contributed by atoms with van der Waals surface area (Å²) in [6, 6.07) is 12.0. The van der Waals surface area contributed by atoms with Crippen molar-refractivity contribution in [1.82, 2.24) is 39.2 Å². The van der Waals surface area contributed by atoms with E-state index in [1.807, 2.05) is 55.9 Å². The lowest BCUT2D eigenvalue weighted by atomic mass is 10.1. The van der Waals surface area contributed by atoms with Crippen molar-refractivity contribution in [2.75, 3.05) is 13.7 Å². The molecule has 42 heavy (non-hydrogen) atoms. The van der Waals surface area contributed by atoms with Crippen LogP contribution in [0.4, 0.5) is 0 Å². The zero-order chi connectivity index (χ0) is 29.7. The Kier molecular flexibility index (Phi) is 7.24. The number of hydrogen-bond donors (Lipinski definition) is 0. The number of halogens is 2. The predicted octanol–water partition coefficient (Wildman–Crippen LogP) is 4.50. The lowest BCUT2D eigenvalue weighted by molar-refractivity contribution is -0.150. The van der Waals surface area contributed by atoms with Crippen molar-refractivity contribution in [1.29, 1.82) is 0 Å². The predicted molar refractivity (Wildman–Crippen MR) is 158 cm³/mol. The van der Waals surface area contributed by atoms with Crippen LogP contribution in [0.1, 0.15) is 29.4 Å². The fourth-order valence-corrected chi connectivity index (χ4v) is 6.13. The topological polar surface area (TPSA) is 113 Å². The standard InChI is InChI=1S/C29H28Cl2N8O3/c1-16-20(17(2)39(34-16)24-10-9-18(30)11-21(24)31)13-27(40)37-14-19(12-26(37)29(41)42-4)38-15-23(33-35-38)28-32-22-7-5-6-8-25(22)36(28)3/h5-11,15,19,26H,12-14H2,1-4H3/t19-,26-/m0/s1. The number of carbonyl (C=O) groups is 2. The molecule has 0 radical (unpaired) electrons. The van der Waals surface area contributed by atoms with Crippen molar-refractivity contribution in [3.8, 4) is 17.2 Å². The van der Waals surface area contributed by atoms with Crippen LogP contribution in [0.3, 0.4) is 0 Å². The molecule has 2 aromatic carbocycles. The highest BCUT2D eigenvalue weighted by atomic mass is 35.5. The number of likely N-dealkylation sites (tertiary alicyclic amines) is 1. The Hall–Kier alpha value is -4.22. The number of nitrogens with zero attached hydrogens (tertiary/aromatic N) is 8. The molecule has 2 atom stereocenters. The maximum atomic E-state index is 13.7. The first-order valence-corrected chi connectivity index (χ1v) is 14.1. The van der Waals surface area contributed by atoms with Crippen molar-refractivity contribution in [2.45, 2.75) is 38.8 Å². The van der Waals surface area contributed by atoms with Crippen LogP contribution in [0.15, 0.2) is 48.7 Å². The molecule has 6 rings (SSSR count). The summed E-state index contributed by atoms with van der Waals surface area (Å²) in [5.74, 6) is -0.00295. The first-order valence-electron chi connectivity index (χ1n) is 13.4. The zero-order valence-corrected chi connectivity index (χ0v) is 25.0. The Labute approximate surface area is 251 Å². The number of rotatable bonds is 6. The molecule has 0 aliphatic carbocycles. The summed E-state index contributed by atoms with van der Waals surface area (Å²) in [4.78, 5) is 32.8. The molecule has 5 aromatic rings. The van der Waals surface area contributed by atoms with Gasteiger partial charge in [-0.15, -0.1) is 5.10 Å². The molecule has 1 amide bonds. The molecule has 0 saturated carbocycles. The first kappa shape index (κ1) is 27.9. The van der Waals surface area contributed by atoms with E-state index in [1.54, 1.807) is 32.5 Å². The second kappa shape index (κ2) is 10.9. The molecule has 0 spiro atoms. The number of imidazole rings is 1. The van der Waals surface area contributed by atoms with Crippen LogP contribution in [-0.2, 0) is 27.8 Å². The summed E-state index contributed by atoms with van der Waals surface area (Å²) in [6.45, 7) is 4.01. The van der Waals surface area contributed by atoms with E-state index in [2.05, 4.69) is 15.4 Å². The Morgan fingerprint density at radius 1 is 1.12 bits per heavy atom. The number of ether oxygens (including phenoxy) is 1. The molecule has 0 bridgehead atoms. The Balaban J connectivity index is 1.25. The molecule has 1 aliphatic rings. The van der Waals surface area contributed by atoms with Gasteiger partial charge in [0.25, 0.3) is 0 Å². The second-order valence-corrected chi connectivity index (χ2v) is 11.2. The number of para-hydroxylation sites is 2. The van der Waals surface area contributed by atoms with Gasteiger partial charge in [0.05, 0.1) is 53.2 Å². The Morgan fingerprint density at radius 3 is 2.64 bits per heavy atom. The van der Waals surface area contributed by atoms with Gasteiger partial charge in [-0.2, -0.15) is 5.10 Å². The number of aromatic nitrogens is 7. The van der Waals surface area contributed by atoms with E-state index in [-0.39, 0.29) is 24.9 Å². The number of benzene rings is 2. The third-order valence-electron chi connectivity index (χ3n) is 7.88. The van der Waals surface area contributed by atoms with Gasteiger partial charge >= 0.3 is 5.97 Å². The summed E-state index contributed by atoms with van der Waals surface area (Å²) in [5, 5.41) is 14.3. The molecule has 1 fully saturated rings. The molecule has 0 unspecified atom stereocenters. The average molecular weight is 608 g/mol. The van der Waals surface area contributed by atoms with E-state index >= 15 is 0 Å². The monoisotopic (exact) mass is 606 g/mol. The summed E-state index contributed by atoms with van der Waals surface area (Å²) in [7, 11) is 3.26. The molecular formula is C29H28Cl2N8O3. The summed E-state index contributed by atoms with van der Waals surface area (Å²) in [5.41, 5.74) is 5.35. The average Bonchev–Trinajstić information content (AvgIpc) is 3.75. The van der Waals surface area contributed by atoms with Crippen LogP contribution < -0.4 is 0 Å². The third-order valence-corrected chi connectivity index (χ3v) is 8.42. The molecule has 3 aromatic heterocycles. The Morgan fingerprint density at radius 2 is 1.90 bits per heavy atom. The van der Waals surface area contributed by atoms with Gasteiger partial charge in [-0.05, 0) is 44.2 Å². The van der Waals surface area contributed by atoms with Gasteiger partial charge in [0, 0.05) is 36.3 Å². The summed E-state index contributed by atoms with van der Waals surface area (Å²) < 4.78 is 10.4. The van der Waals surface area contributed by atoms with Gasteiger partial charge in [-0.25, -0.2) is 19.1 Å². The largest absolute Gasteiger partial charge is 0.467 e. The van der Waals surface area contributed by atoms with Crippen LogP contribution in [0.2, 0.25) is 10.0 Å². The molecular weight excluding hydrogens is 579 g/mol. The lowest BCUT2D eigenvalue weighted by Crippen LogP contribution is -2.42. The highest BCUT2D eigenvalue weighted by Crippen LogP contribution is 2.32. The van der Waals surface area contributed by atoms with Crippen LogP contribution in [0.25, 0.3) is 28.2 Å². The fourth-order valence-electron chi connectivity index (χ4n) is 5.64. The van der Waals surface area contributed by atoms with E-state index in [1.165, 1.54) is 7.11 Å². The smallest absolute Gasteiger partial charge is 0.328 e. The van der Waals surface area contributed by atoms with Gasteiger partial charge in [0.1, 0.15) is 11.7 Å². The number of aryl methyl sites for hydroxylation is 2. The molecule has 0 N–H and O–H groups in total. The van der Waals surface area contributed by atoms with Crippen LogP contribution in [-0.4, -0.2) is 70.8 Å². The minimum Gasteiger partial charge on any atom is -0.467 e. The molecule has 4 heterocycles. The molecule has 11 nitrogen and oxygen atoms in total. The van der Waals surface area contributed by atoms with E-state index in [0.717, 1.165) is 22.3 Å². The molecule has 13 heteroatoms. The molecule has 1 aliphatic heterocycles. The minimum atomic E-state index is -0.753. The Bertz CT molecular complexity index is 1840. The van der Waals surface area contributed by atoms with Crippen molar-refractivity contribution < 1.29 is 14.3 Å². The maximum absolute atomic E-state index is 13.7. The molecule has 216 valence electrons. The van der Waals surface area contributed by atoms with Crippen LogP contribution in [0.5, 0.6) is 0 Å².